The van der Waals surface area contributed by atoms with Gasteiger partial charge in [-0.1, -0.05) is 76.1 Å². The van der Waals surface area contributed by atoms with Gasteiger partial charge in [-0.15, -0.1) is 0 Å². The van der Waals surface area contributed by atoms with Gasteiger partial charge in [0.2, 0.25) is 6.23 Å². The van der Waals surface area contributed by atoms with E-state index in [-0.39, 0.29) is 12.3 Å². The minimum absolute atomic E-state index is 0.0768. The minimum atomic E-state index is -0.297. The molecule has 0 fully saturated rings. The molecule has 2 aliphatic heterocycles. The third-order valence-electron chi connectivity index (χ3n) is 5.97. The maximum Gasteiger partial charge on any atom is 0.213 e. The van der Waals surface area contributed by atoms with Crippen LogP contribution in [0.3, 0.4) is 0 Å². The number of fused-ring (bicyclic) bond motifs is 4. The summed E-state index contributed by atoms with van der Waals surface area (Å²) in [5.74, 6) is 0.866. The Bertz CT molecular complexity index is 1350. The van der Waals surface area contributed by atoms with Gasteiger partial charge in [-0.05, 0) is 52.7 Å². The van der Waals surface area contributed by atoms with Crippen molar-refractivity contribution >= 4 is 44.0 Å². The van der Waals surface area contributed by atoms with Gasteiger partial charge >= 0.3 is 0 Å². The standard InChI is InChI=1S/C26H18BrClN2O/c27-20-7-3-6-19(13-20)26-30-24(22-14-21(28)10-11-25(22)31-26)15-23(29-30)18-9-8-16-4-1-2-5-17(16)12-18/h1-14,24,26H,15H2. The topological polar surface area (TPSA) is 24.8 Å². The van der Waals surface area contributed by atoms with Crippen LogP contribution in [0.5, 0.6) is 5.75 Å². The lowest BCUT2D eigenvalue weighted by atomic mass is 9.95. The fraction of sp³-hybridized carbons (Fsp3) is 0.115. The van der Waals surface area contributed by atoms with Crippen LogP contribution in [0.1, 0.15) is 35.4 Å². The Morgan fingerprint density at radius 1 is 0.903 bits per heavy atom. The second kappa shape index (κ2) is 7.40. The summed E-state index contributed by atoms with van der Waals surface area (Å²) >= 11 is 9.93. The highest BCUT2D eigenvalue weighted by Crippen LogP contribution is 2.48. The molecular formula is C26H18BrClN2O. The van der Waals surface area contributed by atoms with Crippen molar-refractivity contribution in [2.45, 2.75) is 18.7 Å². The Labute approximate surface area is 194 Å². The molecule has 0 bridgehead atoms. The Morgan fingerprint density at radius 3 is 2.65 bits per heavy atom. The summed E-state index contributed by atoms with van der Waals surface area (Å²) in [7, 11) is 0. The van der Waals surface area contributed by atoms with Crippen molar-refractivity contribution in [3.05, 3.63) is 111 Å². The number of hydrogen-bond donors (Lipinski definition) is 0. The normalized spacial score (nSPS) is 19.5. The Balaban J connectivity index is 1.46. The number of ether oxygens (including phenoxy) is 1. The molecule has 4 aromatic carbocycles. The van der Waals surface area contributed by atoms with Crippen LogP contribution in [0.15, 0.2) is 94.5 Å². The molecule has 6 rings (SSSR count). The molecule has 0 N–H and O–H groups in total. The van der Waals surface area contributed by atoms with Crippen molar-refractivity contribution in [3.8, 4) is 5.75 Å². The first-order valence-electron chi connectivity index (χ1n) is 10.2. The molecule has 2 unspecified atom stereocenters. The lowest BCUT2D eigenvalue weighted by Crippen LogP contribution is -2.33. The van der Waals surface area contributed by atoms with Gasteiger partial charge in [0.15, 0.2) is 0 Å². The zero-order valence-electron chi connectivity index (χ0n) is 16.5. The van der Waals surface area contributed by atoms with Crippen LogP contribution in [0.4, 0.5) is 0 Å². The molecule has 0 saturated heterocycles. The Hall–Kier alpha value is -2.82. The second-order valence-corrected chi connectivity index (χ2v) is 9.27. The molecule has 152 valence electrons. The summed E-state index contributed by atoms with van der Waals surface area (Å²) in [6.45, 7) is 0. The van der Waals surface area contributed by atoms with Gasteiger partial charge in [0.1, 0.15) is 5.75 Å². The van der Waals surface area contributed by atoms with Crippen molar-refractivity contribution in [1.82, 2.24) is 5.01 Å². The number of hydrazone groups is 1. The molecule has 3 nitrogen and oxygen atoms in total. The van der Waals surface area contributed by atoms with E-state index in [1.165, 1.54) is 10.8 Å². The van der Waals surface area contributed by atoms with Crippen LogP contribution in [-0.4, -0.2) is 10.7 Å². The number of rotatable bonds is 2. The first kappa shape index (κ1) is 18.9. The molecule has 2 atom stereocenters. The van der Waals surface area contributed by atoms with Crippen molar-refractivity contribution in [1.29, 1.82) is 0 Å². The van der Waals surface area contributed by atoms with Crippen LogP contribution in [0.2, 0.25) is 5.02 Å². The molecule has 2 aliphatic rings. The molecule has 31 heavy (non-hydrogen) atoms. The number of hydrogen-bond acceptors (Lipinski definition) is 3. The van der Waals surface area contributed by atoms with E-state index in [1.807, 2.05) is 30.3 Å². The lowest BCUT2D eigenvalue weighted by molar-refractivity contribution is -0.0190. The van der Waals surface area contributed by atoms with E-state index in [4.69, 9.17) is 21.4 Å². The Kier molecular flexibility index (Phi) is 4.51. The highest BCUT2D eigenvalue weighted by atomic mass is 79.9. The molecule has 2 heterocycles. The summed E-state index contributed by atoms with van der Waals surface area (Å²) in [5, 5.41) is 10.3. The zero-order valence-corrected chi connectivity index (χ0v) is 18.8. The van der Waals surface area contributed by atoms with Crippen LogP contribution in [0.25, 0.3) is 10.8 Å². The fourth-order valence-corrected chi connectivity index (χ4v) is 5.08. The quantitative estimate of drug-likeness (QED) is 0.291. The third-order valence-corrected chi connectivity index (χ3v) is 6.70. The van der Waals surface area contributed by atoms with Gasteiger partial charge in [0.05, 0.1) is 11.8 Å². The maximum absolute atomic E-state index is 6.44. The third kappa shape index (κ3) is 3.31. The van der Waals surface area contributed by atoms with Crippen molar-refractivity contribution in [3.63, 3.8) is 0 Å². The largest absolute Gasteiger partial charge is 0.464 e. The van der Waals surface area contributed by atoms with Crippen LogP contribution in [-0.2, 0) is 0 Å². The second-order valence-electron chi connectivity index (χ2n) is 7.92. The lowest BCUT2D eigenvalue weighted by Gasteiger charge is -2.38. The number of benzene rings is 4. The van der Waals surface area contributed by atoms with Crippen LogP contribution < -0.4 is 4.74 Å². The van der Waals surface area contributed by atoms with Gasteiger partial charge in [0.25, 0.3) is 0 Å². The minimum Gasteiger partial charge on any atom is -0.464 e. The van der Waals surface area contributed by atoms with E-state index in [1.54, 1.807) is 0 Å². The van der Waals surface area contributed by atoms with Crippen molar-refractivity contribution in [2.75, 3.05) is 0 Å². The van der Waals surface area contributed by atoms with Crippen molar-refractivity contribution in [2.24, 2.45) is 5.10 Å². The molecule has 5 heteroatoms. The van der Waals surface area contributed by atoms with E-state index in [2.05, 4.69) is 75.5 Å². The highest BCUT2D eigenvalue weighted by Gasteiger charge is 2.41. The molecule has 4 aromatic rings. The van der Waals surface area contributed by atoms with E-state index >= 15 is 0 Å². The monoisotopic (exact) mass is 488 g/mol. The van der Waals surface area contributed by atoms with E-state index < -0.39 is 0 Å². The highest BCUT2D eigenvalue weighted by molar-refractivity contribution is 9.10. The van der Waals surface area contributed by atoms with Gasteiger partial charge < -0.3 is 4.74 Å². The smallest absolute Gasteiger partial charge is 0.213 e. The first-order valence-corrected chi connectivity index (χ1v) is 11.4. The van der Waals surface area contributed by atoms with Gasteiger partial charge in [-0.2, -0.15) is 5.10 Å². The summed E-state index contributed by atoms with van der Waals surface area (Å²) < 4.78 is 7.45. The molecule has 0 radical (unpaired) electrons. The van der Waals surface area contributed by atoms with Crippen LogP contribution in [0, 0.1) is 0 Å². The predicted octanol–water partition coefficient (Wildman–Crippen LogP) is 7.50. The maximum atomic E-state index is 6.44. The summed E-state index contributed by atoms with van der Waals surface area (Å²) in [6, 6.07) is 29.1. The summed E-state index contributed by atoms with van der Waals surface area (Å²) in [5.41, 5.74) is 4.35. The first-order chi connectivity index (χ1) is 15.2. The fourth-order valence-electron chi connectivity index (χ4n) is 4.48. The predicted molar refractivity (Wildman–Crippen MR) is 129 cm³/mol. The Morgan fingerprint density at radius 2 is 1.77 bits per heavy atom. The van der Waals surface area contributed by atoms with Crippen LogP contribution >= 0.6 is 27.5 Å². The zero-order chi connectivity index (χ0) is 20.9. The molecule has 0 aromatic heterocycles. The van der Waals surface area contributed by atoms with Gasteiger partial charge in [0, 0.05) is 27.0 Å². The van der Waals surface area contributed by atoms with Gasteiger partial charge in [-0.25, -0.2) is 5.01 Å². The molecule has 0 saturated carbocycles. The summed E-state index contributed by atoms with van der Waals surface area (Å²) in [4.78, 5) is 0. The average Bonchev–Trinajstić information content (AvgIpc) is 3.24. The van der Waals surface area contributed by atoms with Crippen molar-refractivity contribution < 1.29 is 4.74 Å². The summed E-state index contributed by atoms with van der Waals surface area (Å²) in [6.07, 6.45) is 0.508. The van der Waals surface area contributed by atoms with E-state index in [0.717, 1.165) is 39.0 Å². The van der Waals surface area contributed by atoms with E-state index in [0.29, 0.717) is 5.02 Å². The molecule has 0 aliphatic carbocycles. The van der Waals surface area contributed by atoms with Gasteiger partial charge in [-0.3, -0.25) is 0 Å². The molecule has 0 amide bonds. The average molecular weight is 490 g/mol. The molecule has 0 spiro atoms. The number of halogens is 2. The van der Waals surface area contributed by atoms with E-state index in [9.17, 15) is 0 Å². The molecular weight excluding hydrogens is 472 g/mol. The SMILES string of the molecule is Clc1ccc2c(c1)C1CC(c3ccc4ccccc4c3)=NN1C(c1cccc(Br)c1)O2. The number of nitrogens with zero attached hydrogens (tertiary/aromatic N) is 2.